The van der Waals surface area contributed by atoms with E-state index in [1.807, 2.05) is 12.2 Å². The van der Waals surface area contributed by atoms with Gasteiger partial charge in [-0.2, -0.15) is 0 Å². The van der Waals surface area contributed by atoms with E-state index in [2.05, 4.69) is 77.6 Å². The number of carbonyl (C=O) groups is 2. The fourth-order valence-electron chi connectivity index (χ4n) is 5.37. The molecule has 0 amide bonds. The predicted octanol–water partition coefficient (Wildman–Crippen LogP) is 8.95. The third kappa shape index (κ3) is 41.3. The zero-order valence-corrected chi connectivity index (χ0v) is 38.2. The Bertz CT molecular complexity index is 1390. The van der Waals surface area contributed by atoms with Gasteiger partial charge in [-0.1, -0.05) is 125 Å². The maximum atomic E-state index is 12.7. The van der Waals surface area contributed by atoms with E-state index in [9.17, 15) is 38.9 Å². The van der Waals surface area contributed by atoms with E-state index in [0.29, 0.717) is 12.8 Å². The van der Waals surface area contributed by atoms with E-state index in [1.54, 1.807) is 6.08 Å². The number of ether oxygens (including phenoxy) is 2. The van der Waals surface area contributed by atoms with Crippen LogP contribution < -0.4 is 0 Å². The average molecular weight is 907 g/mol. The van der Waals surface area contributed by atoms with Gasteiger partial charge in [0, 0.05) is 12.8 Å². The Morgan fingerprint density at radius 1 is 0.557 bits per heavy atom. The molecule has 0 heterocycles. The van der Waals surface area contributed by atoms with E-state index < -0.39 is 78.4 Å². The van der Waals surface area contributed by atoms with Crippen LogP contribution in [0.1, 0.15) is 142 Å². The minimum atomic E-state index is -4.90. The van der Waals surface area contributed by atoms with Crippen LogP contribution in [0.3, 0.4) is 0 Å². The maximum absolute atomic E-state index is 12.7. The standard InChI is InChI=1S/C44H76O15P2/c1-3-5-7-9-11-13-15-17-18-19-21-23-25-27-29-33-44(49)59-40(38-58-61(53,54)57-36-39(45)35-56-60(50,51)52)37-55-43(48)34-30-32-42(47)41(46)31-28-26-24-22-20-16-14-12-10-8-6-4-2/h6,8,12-15,17-18,20,22,26,28,39-42,45-47H,3-5,7,9-11,16,19,21,23-25,27,29-38H2,1-2H3,(H,53,54)(H2,50,51,52)/b8-6-,14-12-,15-13-,18-17-,22-20-,28-26-/t39-,40+,41-,42-/m0/s1. The molecule has 0 aliphatic rings. The van der Waals surface area contributed by atoms with E-state index in [4.69, 9.17) is 23.8 Å². The fraction of sp³-hybridized carbons (Fsp3) is 0.682. The molecule has 0 aliphatic heterocycles. The van der Waals surface area contributed by atoms with Gasteiger partial charge in [-0.05, 0) is 77.0 Å². The number of esters is 2. The van der Waals surface area contributed by atoms with Crippen LogP contribution in [0.5, 0.6) is 0 Å². The lowest BCUT2D eigenvalue weighted by Crippen LogP contribution is -2.30. The molecule has 0 rings (SSSR count). The van der Waals surface area contributed by atoms with Crippen LogP contribution in [0.25, 0.3) is 0 Å². The molecule has 0 radical (unpaired) electrons. The first-order chi connectivity index (χ1) is 29.2. The van der Waals surface area contributed by atoms with Crippen molar-refractivity contribution in [2.45, 2.75) is 167 Å². The second-order valence-corrected chi connectivity index (χ2v) is 17.3. The fourth-order valence-corrected chi connectivity index (χ4v) is 6.52. The van der Waals surface area contributed by atoms with Crippen molar-refractivity contribution in [2.24, 2.45) is 0 Å². The summed E-state index contributed by atoms with van der Waals surface area (Å²) in [7, 11) is -9.78. The number of phosphoric acid groups is 2. The molecule has 0 aromatic carbocycles. The van der Waals surface area contributed by atoms with Crippen LogP contribution in [0.4, 0.5) is 0 Å². The molecule has 6 N–H and O–H groups in total. The molecule has 0 saturated heterocycles. The predicted molar refractivity (Wildman–Crippen MR) is 237 cm³/mol. The minimum absolute atomic E-state index is 0.0492. The van der Waals surface area contributed by atoms with Gasteiger partial charge in [0.2, 0.25) is 0 Å². The van der Waals surface area contributed by atoms with Crippen LogP contribution in [0, 0.1) is 0 Å². The molecule has 17 heteroatoms. The van der Waals surface area contributed by atoms with Gasteiger partial charge in [-0.3, -0.25) is 23.2 Å². The maximum Gasteiger partial charge on any atom is 0.472 e. The Kier molecular flexibility index (Phi) is 37.5. The largest absolute Gasteiger partial charge is 0.472 e. The lowest BCUT2D eigenvalue weighted by Gasteiger charge is -2.20. The molecule has 0 saturated carbocycles. The molecular weight excluding hydrogens is 830 g/mol. The molecular formula is C44H76O15P2. The summed E-state index contributed by atoms with van der Waals surface area (Å²) in [5, 5.41) is 30.4. The molecule has 0 aliphatic carbocycles. The van der Waals surface area contributed by atoms with Gasteiger partial charge in [-0.15, -0.1) is 0 Å². The zero-order valence-electron chi connectivity index (χ0n) is 36.5. The SMILES string of the molecule is CC/C=C\C/C=C\C/C=C\C/C=C\C[C@H](O)[C@@H](O)CCCC(=O)OC[C@H](COP(=O)(O)OC[C@@H](O)COP(=O)(O)O)OC(=O)CCCCCCC/C=C\C=C/CCCCCC. The Hall–Kier alpha value is -2.52. The molecule has 15 nitrogen and oxygen atoms in total. The average Bonchev–Trinajstić information content (AvgIpc) is 3.21. The van der Waals surface area contributed by atoms with Crippen molar-refractivity contribution in [1.82, 2.24) is 0 Å². The Morgan fingerprint density at radius 2 is 1.08 bits per heavy atom. The Balaban J connectivity index is 4.79. The highest BCUT2D eigenvalue weighted by molar-refractivity contribution is 7.47. The van der Waals surface area contributed by atoms with Crippen LogP contribution in [-0.2, 0) is 41.8 Å². The number of hydrogen-bond donors (Lipinski definition) is 6. The van der Waals surface area contributed by atoms with Gasteiger partial charge < -0.3 is 39.5 Å². The summed E-state index contributed by atoms with van der Waals surface area (Å²) in [6.07, 6.45) is 34.9. The van der Waals surface area contributed by atoms with E-state index >= 15 is 0 Å². The Labute approximate surface area is 364 Å². The number of rotatable bonds is 40. The molecule has 0 spiro atoms. The van der Waals surface area contributed by atoms with Crippen molar-refractivity contribution in [3.05, 3.63) is 72.9 Å². The van der Waals surface area contributed by atoms with E-state index in [1.165, 1.54) is 25.7 Å². The summed E-state index contributed by atoms with van der Waals surface area (Å²) in [6.45, 7) is 1.26. The number of aliphatic hydroxyl groups is 3. The van der Waals surface area contributed by atoms with E-state index in [0.717, 1.165) is 57.8 Å². The summed E-state index contributed by atoms with van der Waals surface area (Å²) in [5.41, 5.74) is 0. The third-order valence-electron chi connectivity index (χ3n) is 8.80. The summed E-state index contributed by atoms with van der Waals surface area (Å²) in [5.74, 6) is -1.34. The number of aliphatic hydroxyl groups excluding tert-OH is 3. The first-order valence-corrected chi connectivity index (χ1v) is 24.8. The molecule has 0 fully saturated rings. The topological polar surface area (TPSA) is 236 Å². The van der Waals surface area contributed by atoms with Gasteiger partial charge in [0.05, 0.1) is 32.0 Å². The number of hydrogen-bond acceptors (Lipinski definition) is 12. The van der Waals surface area contributed by atoms with Gasteiger partial charge in [0.25, 0.3) is 0 Å². The highest BCUT2D eigenvalue weighted by atomic mass is 31.2. The highest BCUT2D eigenvalue weighted by Gasteiger charge is 2.28. The molecule has 0 aromatic rings. The van der Waals surface area contributed by atoms with Crippen LogP contribution in [0.15, 0.2) is 72.9 Å². The molecule has 0 aromatic heterocycles. The minimum Gasteiger partial charge on any atom is -0.462 e. The first kappa shape index (κ1) is 58.5. The van der Waals surface area contributed by atoms with Crippen molar-refractivity contribution in [3.63, 3.8) is 0 Å². The van der Waals surface area contributed by atoms with Crippen LogP contribution in [-0.4, -0.2) is 92.8 Å². The highest BCUT2D eigenvalue weighted by Crippen LogP contribution is 2.43. The van der Waals surface area contributed by atoms with Crippen molar-refractivity contribution in [3.8, 4) is 0 Å². The zero-order chi connectivity index (χ0) is 45.5. The molecule has 1 unspecified atom stereocenters. The van der Waals surface area contributed by atoms with Gasteiger partial charge in [0.1, 0.15) is 12.7 Å². The second kappa shape index (κ2) is 39.1. The van der Waals surface area contributed by atoms with Crippen molar-refractivity contribution in [2.75, 3.05) is 26.4 Å². The van der Waals surface area contributed by atoms with Gasteiger partial charge >= 0.3 is 27.6 Å². The monoisotopic (exact) mass is 906 g/mol. The van der Waals surface area contributed by atoms with Crippen molar-refractivity contribution < 1.29 is 71.8 Å². The van der Waals surface area contributed by atoms with Crippen LogP contribution >= 0.6 is 15.6 Å². The third-order valence-corrected chi connectivity index (χ3v) is 10.2. The molecule has 61 heavy (non-hydrogen) atoms. The number of phosphoric ester groups is 2. The summed E-state index contributed by atoms with van der Waals surface area (Å²) >= 11 is 0. The molecule has 352 valence electrons. The molecule has 5 atom stereocenters. The van der Waals surface area contributed by atoms with Crippen LogP contribution in [0.2, 0.25) is 0 Å². The number of unbranched alkanes of at least 4 members (excludes halogenated alkanes) is 9. The first-order valence-electron chi connectivity index (χ1n) is 21.8. The molecule has 0 bridgehead atoms. The normalized spacial score (nSPS) is 15.7. The van der Waals surface area contributed by atoms with Gasteiger partial charge in [-0.25, -0.2) is 9.13 Å². The lowest BCUT2D eigenvalue weighted by atomic mass is 10.0. The van der Waals surface area contributed by atoms with Gasteiger partial charge in [0.15, 0.2) is 6.10 Å². The second-order valence-electron chi connectivity index (χ2n) is 14.6. The lowest BCUT2D eigenvalue weighted by molar-refractivity contribution is -0.161. The van der Waals surface area contributed by atoms with E-state index in [-0.39, 0.29) is 32.1 Å². The van der Waals surface area contributed by atoms with Crippen molar-refractivity contribution in [1.29, 1.82) is 0 Å². The summed E-state index contributed by atoms with van der Waals surface area (Å²) in [4.78, 5) is 52.7. The number of allylic oxidation sites excluding steroid dienone is 11. The summed E-state index contributed by atoms with van der Waals surface area (Å²) in [6, 6.07) is 0. The summed E-state index contributed by atoms with van der Waals surface area (Å²) < 4.78 is 47.5. The quantitative estimate of drug-likeness (QED) is 0.0111. The Morgan fingerprint density at radius 3 is 1.69 bits per heavy atom. The van der Waals surface area contributed by atoms with Crippen molar-refractivity contribution >= 4 is 27.6 Å². The smallest absolute Gasteiger partial charge is 0.462 e. The number of carbonyl (C=O) groups excluding carboxylic acids is 2.